The van der Waals surface area contributed by atoms with E-state index in [1.54, 1.807) is 0 Å². The van der Waals surface area contributed by atoms with Crippen LogP contribution in [0, 0.1) is 0 Å². The first kappa shape index (κ1) is 9.79. The van der Waals surface area contributed by atoms with Crippen molar-refractivity contribution in [1.82, 2.24) is 0 Å². The zero-order chi connectivity index (χ0) is 7.52. The van der Waals surface area contributed by atoms with Crippen LogP contribution in [0.1, 0.15) is 13.4 Å². The van der Waals surface area contributed by atoms with E-state index in [9.17, 15) is 0 Å². The SMILES string of the molecule is C1=CCC(c2ccccc2)=C1.[H-].[Na+]. The van der Waals surface area contributed by atoms with Gasteiger partial charge in [0.05, 0.1) is 0 Å². The minimum absolute atomic E-state index is 0. The molecule has 0 N–H and O–H groups in total. The Kier molecular flexibility index (Phi) is 3.80. The van der Waals surface area contributed by atoms with Crippen LogP contribution in [0.4, 0.5) is 0 Å². The molecule has 0 atom stereocenters. The molecule has 0 aromatic heterocycles. The van der Waals surface area contributed by atoms with Crippen LogP contribution in [0.25, 0.3) is 5.57 Å². The summed E-state index contributed by atoms with van der Waals surface area (Å²) in [4.78, 5) is 0. The summed E-state index contributed by atoms with van der Waals surface area (Å²) in [5, 5.41) is 0. The molecule has 0 nitrogen and oxygen atoms in total. The normalized spacial score (nSPS) is 13.8. The molecule has 56 valence electrons. The number of benzene rings is 1. The molecule has 0 unspecified atom stereocenters. The third kappa shape index (κ3) is 2.10. The largest absolute Gasteiger partial charge is 1.00 e. The van der Waals surface area contributed by atoms with E-state index >= 15 is 0 Å². The third-order valence-corrected chi connectivity index (χ3v) is 1.92. The van der Waals surface area contributed by atoms with Gasteiger partial charge in [0, 0.05) is 0 Å². The average molecular weight is 166 g/mol. The van der Waals surface area contributed by atoms with E-state index in [2.05, 4.69) is 42.5 Å². The number of hydrogen-bond donors (Lipinski definition) is 0. The molecule has 0 amide bonds. The van der Waals surface area contributed by atoms with Crippen LogP contribution in [0.15, 0.2) is 48.6 Å². The Bertz CT molecular complexity index is 301. The molecule has 0 saturated heterocycles. The van der Waals surface area contributed by atoms with Crippen LogP contribution in [0.3, 0.4) is 0 Å². The van der Waals surface area contributed by atoms with E-state index in [1.807, 2.05) is 6.07 Å². The van der Waals surface area contributed by atoms with Crippen molar-refractivity contribution in [3.8, 4) is 0 Å². The van der Waals surface area contributed by atoms with Crippen molar-refractivity contribution in [3.05, 3.63) is 54.1 Å². The van der Waals surface area contributed by atoms with Crippen molar-refractivity contribution in [2.75, 3.05) is 0 Å². The Morgan fingerprint density at radius 2 is 1.83 bits per heavy atom. The van der Waals surface area contributed by atoms with Gasteiger partial charge in [-0.3, -0.25) is 0 Å². The van der Waals surface area contributed by atoms with Crippen LogP contribution >= 0.6 is 0 Å². The van der Waals surface area contributed by atoms with E-state index in [0.29, 0.717) is 0 Å². The molecule has 0 heterocycles. The quantitative estimate of drug-likeness (QED) is 0.521. The molecular weight excluding hydrogens is 155 g/mol. The summed E-state index contributed by atoms with van der Waals surface area (Å²) >= 11 is 0. The first-order chi connectivity index (χ1) is 5.47. The predicted molar refractivity (Wildman–Crippen MR) is 49.3 cm³/mol. The fourth-order valence-electron chi connectivity index (χ4n) is 1.31. The van der Waals surface area contributed by atoms with Crippen LogP contribution in [-0.2, 0) is 0 Å². The van der Waals surface area contributed by atoms with Crippen LogP contribution in [0.5, 0.6) is 0 Å². The fraction of sp³-hybridized carbons (Fsp3) is 0.0909. The molecule has 0 bridgehead atoms. The zero-order valence-electron chi connectivity index (χ0n) is 8.33. The van der Waals surface area contributed by atoms with Gasteiger partial charge in [0.15, 0.2) is 0 Å². The van der Waals surface area contributed by atoms with Gasteiger partial charge in [-0.2, -0.15) is 0 Å². The minimum Gasteiger partial charge on any atom is -1.00 e. The van der Waals surface area contributed by atoms with Gasteiger partial charge in [0.25, 0.3) is 0 Å². The Hall–Kier alpha value is -0.300. The van der Waals surface area contributed by atoms with E-state index in [1.165, 1.54) is 11.1 Å². The van der Waals surface area contributed by atoms with Crippen LogP contribution < -0.4 is 29.6 Å². The summed E-state index contributed by atoms with van der Waals surface area (Å²) in [6.07, 6.45) is 7.56. The minimum atomic E-state index is 0. The van der Waals surface area contributed by atoms with Gasteiger partial charge in [0.2, 0.25) is 0 Å². The molecule has 0 fully saturated rings. The summed E-state index contributed by atoms with van der Waals surface area (Å²) in [5.74, 6) is 0. The molecule has 0 radical (unpaired) electrons. The molecule has 1 heteroatoms. The summed E-state index contributed by atoms with van der Waals surface area (Å²) in [7, 11) is 0. The van der Waals surface area contributed by atoms with Gasteiger partial charge in [-0.25, -0.2) is 0 Å². The summed E-state index contributed by atoms with van der Waals surface area (Å²) < 4.78 is 0. The average Bonchev–Trinajstić information content (AvgIpc) is 2.58. The van der Waals surface area contributed by atoms with Crippen LogP contribution in [0.2, 0.25) is 0 Å². The Morgan fingerprint density at radius 1 is 1.08 bits per heavy atom. The molecule has 0 saturated carbocycles. The second-order valence-electron chi connectivity index (χ2n) is 2.69. The first-order valence-electron chi connectivity index (χ1n) is 3.88. The Morgan fingerprint density at radius 3 is 2.42 bits per heavy atom. The molecule has 1 aliphatic rings. The standard InChI is InChI=1S/C11H10.Na.H/c1-2-6-10(7-3-1)11-8-4-5-9-11;;/h1-8H,9H2;;/q;+1;-1. The van der Waals surface area contributed by atoms with Crippen molar-refractivity contribution in [2.45, 2.75) is 6.42 Å². The second kappa shape index (κ2) is 4.66. The van der Waals surface area contributed by atoms with Gasteiger partial charge < -0.3 is 1.43 Å². The maximum atomic E-state index is 2.18. The van der Waals surface area contributed by atoms with Crippen LogP contribution in [-0.4, -0.2) is 0 Å². The van der Waals surface area contributed by atoms with Crippen molar-refractivity contribution < 1.29 is 31.0 Å². The van der Waals surface area contributed by atoms with Gasteiger partial charge in [-0.05, 0) is 17.6 Å². The maximum absolute atomic E-state index is 2.18. The van der Waals surface area contributed by atoms with E-state index < -0.39 is 0 Å². The molecular formula is C11H11Na. The van der Waals surface area contributed by atoms with Gasteiger partial charge in [-0.15, -0.1) is 0 Å². The topological polar surface area (TPSA) is 0 Å². The number of hydrogen-bond acceptors (Lipinski definition) is 0. The summed E-state index contributed by atoms with van der Waals surface area (Å²) in [6.45, 7) is 0. The second-order valence-corrected chi connectivity index (χ2v) is 2.69. The molecule has 0 spiro atoms. The Balaban J connectivity index is 0.000000720. The number of allylic oxidation sites excluding steroid dienone is 4. The van der Waals surface area contributed by atoms with Gasteiger partial charge in [0.1, 0.15) is 0 Å². The van der Waals surface area contributed by atoms with E-state index in [0.717, 1.165) is 6.42 Å². The van der Waals surface area contributed by atoms with E-state index in [4.69, 9.17) is 0 Å². The number of rotatable bonds is 1. The van der Waals surface area contributed by atoms with Crippen molar-refractivity contribution >= 4 is 5.57 Å². The summed E-state index contributed by atoms with van der Waals surface area (Å²) in [5.41, 5.74) is 2.77. The molecule has 1 aliphatic carbocycles. The van der Waals surface area contributed by atoms with E-state index in [-0.39, 0.29) is 31.0 Å². The first-order valence-corrected chi connectivity index (χ1v) is 3.88. The predicted octanol–water partition coefficient (Wildman–Crippen LogP) is 0.146. The molecule has 12 heavy (non-hydrogen) atoms. The van der Waals surface area contributed by atoms with Crippen molar-refractivity contribution in [2.24, 2.45) is 0 Å². The maximum Gasteiger partial charge on any atom is 1.00 e. The molecule has 1 aromatic rings. The summed E-state index contributed by atoms with van der Waals surface area (Å²) in [6, 6.07) is 10.5. The molecule has 2 rings (SSSR count). The fourth-order valence-corrected chi connectivity index (χ4v) is 1.31. The smallest absolute Gasteiger partial charge is 1.00 e. The molecule has 0 aliphatic heterocycles. The van der Waals surface area contributed by atoms with Crippen molar-refractivity contribution in [1.29, 1.82) is 0 Å². The molecule has 1 aromatic carbocycles. The Labute approximate surface area is 96.8 Å². The monoisotopic (exact) mass is 166 g/mol. The zero-order valence-corrected chi connectivity index (χ0v) is 9.33. The van der Waals surface area contributed by atoms with Gasteiger partial charge in [-0.1, -0.05) is 48.6 Å². The third-order valence-electron chi connectivity index (χ3n) is 1.92. The van der Waals surface area contributed by atoms with Crippen molar-refractivity contribution in [3.63, 3.8) is 0 Å². The van der Waals surface area contributed by atoms with Gasteiger partial charge >= 0.3 is 29.6 Å².